The molecule has 1 aromatic heterocycles. The molecule has 1 aliphatic rings. The number of Topliss-reactive ketones (excluding diaryl/α,β-unsaturated/α-hetero) is 1. The number of aromatic nitrogens is 1. The average Bonchev–Trinajstić information content (AvgIpc) is 2.85. The summed E-state index contributed by atoms with van der Waals surface area (Å²) in [5.74, 6) is 0.157. The molecule has 2 heterocycles. The van der Waals surface area contributed by atoms with E-state index in [0.717, 1.165) is 35.7 Å². The largest absolute Gasteiger partial charge is 0.305 e. The Morgan fingerprint density at radius 1 is 1.33 bits per heavy atom. The Balaban J connectivity index is 2.12. The zero-order chi connectivity index (χ0) is 12.6. The van der Waals surface area contributed by atoms with Crippen molar-refractivity contribution in [3.8, 4) is 0 Å². The van der Waals surface area contributed by atoms with E-state index >= 15 is 0 Å². The minimum atomic E-state index is -0.425. The highest BCUT2D eigenvalue weighted by atomic mass is 16.1. The number of nitrogens with one attached hydrogen (secondary N) is 1. The van der Waals surface area contributed by atoms with E-state index in [0.29, 0.717) is 0 Å². The fraction of sp³-hybridized carbons (Fsp3) is 0.333. The summed E-state index contributed by atoms with van der Waals surface area (Å²) >= 11 is 0. The lowest BCUT2D eigenvalue weighted by Crippen LogP contribution is -2.44. The third-order valence-corrected chi connectivity index (χ3v) is 3.78. The van der Waals surface area contributed by atoms with Crippen LogP contribution in [0.5, 0.6) is 0 Å². The van der Waals surface area contributed by atoms with Crippen molar-refractivity contribution in [1.82, 2.24) is 10.3 Å². The standard InChI is InChI=1S/C15H16N2O/c1-15(7-4-8-17-15)14(18)13-10-16-9-11-5-2-3-6-12(11)13/h2-3,5-6,9-10,17H,4,7-8H2,1H3. The molecule has 1 aliphatic heterocycles. The van der Waals surface area contributed by atoms with Crippen molar-refractivity contribution in [2.24, 2.45) is 0 Å². The first-order valence-corrected chi connectivity index (χ1v) is 6.33. The molecule has 3 nitrogen and oxygen atoms in total. The molecule has 18 heavy (non-hydrogen) atoms. The number of fused-ring (bicyclic) bond motifs is 1. The molecule has 1 aromatic carbocycles. The lowest BCUT2D eigenvalue weighted by Gasteiger charge is -2.23. The van der Waals surface area contributed by atoms with Crippen molar-refractivity contribution in [3.05, 3.63) is 42.2 Å². The summed E-state index contributed by atoms with van der Waals surface area (Å²) in [4.78, 5) is 16.9. The summed E-state index contributed by atoms with van der Waals surface area (Å²) in [6, 6.07) is 7.91. The van der Waals surface area contributed by atoms with Crippen molar-refractivity contribution in [2.45, 2.75) is 25.3 Å². The Hall–Kier alpha value is -1.74. The van der Waals surface area contributed by atoms with Gasteiger partial charge in [-0.3, -0.25) is 9.78 Å². The predicted molar refractivity (Wildman–Crippen MR) is 71.7 cm³/mol. The molecule has 0 spiro atoms. The molecule has 3 heteroatoms. The SMILES string of the molecule is CC1(C(=O)c2cncc3ccccc23)CCCN1. The molecule has 3 rings (SSSR count). The molecule has 1 atom stereocenters. The van der Waals surface area contributed by atoms with Gasteiger partial charge in [0.15, 0.2) is 5.78 Å². The Morgan fingerprint density at radius 2 is 2.17 bits per heavy atom. The average molecular weight is 240 g/mol. The van der Waals surface area contributed by atoms with E-state index < -0.39 is 5.54 Å². The van der Waals surface area contributed by atoms with Gasteiger partial charge in [0.05, 0.1) is 5.54 Å². The van der Waals surface area contributed by atoms with Gasteiger partial charge in [0.1, 0.15) is 0 Å². The Labute approximate surface area is 106 Å². The first-order chi connectivity index (χ1) is 8.71. The van der Waals surface area contributed by atoms with Crippen molar-refractivity contribution >= 4 is 16.6 Å². The van der Waals surface area contributed by atoms with Crippen LogP contribution in [0.1, 0.15) is 30.1 Å². The lowest BCUT2D eigenvalue weighted by molar-refractivity contribution is 0.0885. The third-order valence-electron chi connectivity index (χ3n) is 3.78. The van der Waals surface area contributed by atoms with Gasteiger partial charge in [0.2, 0.25) is 0 Å². The van der Waals surface area contributed by atoms with E-state index in [-0.39, 0.29) is 5.78 Å². The Morgan fingerprint density at radius 3 is 2.94 bits per heavy atom. The van der Waals surface area contributed by atoms with Crippen LogP contribution in [0, 0.1) is 0 Å². The van der Waals surface area contributed by atoms with Gasteiger partial charge in [-0.25, -0.2) is 0 Å². The minimum Gasteiger partial charge on any atom is -0.305 e. The Bertz CT molecular complexity index is 595. The highest BCUT2D eigenvalue weighted by molar-refractivity contribution is 6.12. The van der Waals surface area contributed by atoms with E-state index in [1.54, 1.807) is 12.4 Å². The highest BCUT2D eigenvalue weighted by Gasteiger charge is 2.37. The van der Waals surface area contributed by atoms with Crippen molar-refractivity contribution < 1.29 is 4.79 Å². The van der Waals surface area contributed by atoms with Crippen LogP contribution in [0.4, 0.5) is 0 Å². The molecule has 0 aliphatic carbocycles. The summed E-state index contributed by atoms with van der Waals surface area (Å²) in [5, 5.41) is 5.33. The van der Waals surface area contributed by atoms with E-state index in [9.17, 15) is 4.79 Å². The van der Waals surface area contributed by atoms with Crippen molar-refractivity contribution in [1.29, 1.82) is 0 Å². The quantitative estimate of drug-likeness (QED) is 0.820. The van der Waals surface area contributed by atoms with Gasteiger partial charge in [-0.2, -0.15) is 0 Å². The number of benzene rings is 1. The van der Waals surface area contributed by atoms with Crippen LogP contribution in [0.2, 0.25) is 0 Å². The normalized spacial score (nSPS) is 23.4. The summed E-state index contributed by atoms with van der Waals surface area (Å²) in [6.07, 6.45) is 5.45. The molecule has 1 N–H and O–H groups in total. The first kappa shape index (κ1) is 11.4. The van der Waals surface area contributed by atoms with Crippen LogP contribution < -0.4 is 5.32 Å². The van der Waals surface area contributed by atoms with E-state index in [2.05, 4.69) is 10.3 Å². The number of hydrogen-bond acceptors (Lipinski definition) is 3. The van der Waals surface area contributed by atoms with Gasteiger partial charge in [0.25, 0.3) is 0 Å². The molecule has 1 saturated heterocycles. The summed E-state index contributed by atoms with van der Waals surface area (Å²) in [5.41, 5.74) is 0.302. The molecule has 0 amide bonds. The number of carbonyl (C=O) groups excluding carboxylic acids is 1. The van der Waals surface area contributed by atoms with Gasteiger partial charge in [-0.1, -0.05) is 24.3 Å². The smallest absolute Gasteiger partial charge is 0.184 e. The molecule has 0 bridgehead atoms. The van der Waals surface area contributed by atoms with Gasteiger partial charge in [-0.05, 0) is 31.7 Å². The zero-order valence-electron chi connectivity index (χ0n) is 10.4. The maximum Gasteiger partial charge on any atom is 0.184 e. The highest BCUT2D eigenvalue weighted by Crippen LogP contribution is 2.27. The molecule has 1 unspecified atom stereocenters. The van der Waals surface area contributed by atoms with E-state index in [1.807, 2.05) is 31.2 Å². The van der Waals surface area contributed by atoms with Crippen LogP contribution in [0.25, 0.3) is 10.8 Å². The second-order valence-corrected chi connectivity index (χ2v) is 5.10. The molecule has 0 radical (unpaired) electrons. The van der Waals surface area contributed by atoms with E-state index in [1.165, 1.54) is 0 Å². The number of nitrogens with zero attached hydrogens (tertiary/aromatic N) is 1. The molecule has 2 aromatic rings. The minimum absolute atomic E-state index is 0.157. The van der Waals surface area contributed by atoms with Crippen molar-refractivity contribution in [2.75, 3.05) is 6.54 Å². The van der Waals surface area contributed by atoms with Crippen LogP contribution in [0.15, 0.2) is 36.7 Å². The summed E-state index contributed by atoms with van der Waals surface area (Å²) in [6.45, 7) is 2.91. The maximum absolute atomic E-state index is 12.7. The van der Waals surface area contributed by atoms with Gasteiger partial charge in [-0.15, -0.1) is 0 Å². The van der Waals surface area contributed by atoms with Crippen molar-refractivity contribution in [3.63, 3.8) is 0 Å². The monoisotopic (exact) mass is 240 g/mol. The molecular weight excluding hydrogens is 224 g/mol. The van der Waals surface area contributed by atoms with Gasteiger partial charge in [0, 0.05) is 23.3 Å². The van der Waals surface area contributed by atoms with Gasteiger partial charge >= 0.3 is 0 Å². The number of pyridine rings is 1. The Kier molecular flexibility index (Phi) is 2.63. The number of hydrogen-bond donors (Lipinski definition) is 1. The molecule has 1 fully saturated rings. The second-order valence-electron chi connectivity index (χ2n) is 5.10. The fourth-order valence-corrected chi connectivity index (χ4v) is 2.68. The zero-order valence-corrected chi connectivity index (χ0v) is 10.4. The van der Waals surface area contributed by atoms with Crippen LogP contribution in [-0.4, -0.2) is 22.9 Å². The topological polar surface area (TPSA) is 42.0 Å². The number of carbonyl (C=O) groups is 1. The van der Waals surface area contributed by atoms with Crippen LogP contribution in [-0.2, 0) is 0 Å². The third kappa shape index (κ3) is 1.71. The van der Waals surface area contributed by atoms with Crippen LogP contribution >= 0.6 is 0 Å². The molecule has 92 valence electrons. The van der Waals surface area contributed by atoms with Gasteiger partial charge < -0.3 is 5.32 Å². The predicted octanol–water partition coefficient (Wildman–Crippen LogP) is 2.56. The number of rotatable bonds is 2. The second kappa shape index (κ2) is 4.18. The fourth-order valence-electron chi connectivity index (χ4n) is 2.68. The lowest BCUT2D eigenvalue weighted by atomic mass is 9.88. The maximum atomic E-state index is 12.7. The molecular formula is C15H16N2O. The first-order valence-electron chi connectivity index (χ1n) is 6.33. The van der Waals surface area contributed by atoms with Crippen LogP contribution in [0.3, 0.4) is 0 Å². The molecule has 0 saturated carbocycles. The number of ketones is 1. The van der Waals surface area contributed by atoms with E-state index in [4.69, 9.17) is 0 Å². The summed E-state index contributed by atoms with van der Waals surface area (Å²) < 4.78 is 0. The summed E-state index contributed by atoms with van der Waals surface area (Å²) in [7, 11) is 0.